The molecule has 1 aromatic heterocycles. The first-order valence-corrected chi connectivity index (χ1v) is 6.89. The molecule has 0 fully saturated rings. The van der Waals surface area contributed by atoms with Gasteiger partial charge in [0.2, 0.25) is 0 Å². The number of aromatic nitrogens is 2. The molecule has 8 heteroatoms. The van der Waals surface area contributed by atoms with Crippen LogP contribution in [0.25, 0.3) is 0 Å². The summed E-state index contributed by atoms with van der Waals surface area (Å²) in [7, 11) is 3.04. The van der Waals surface area contributed by atoms with E-state index < -0.39 is 9.05 Å². The summed E-state index contributed by atoms with van der Waals surface area (Å²) in [5, 5.41) is 3.84. The zero-order valence-corrected chi connectivity index (χ0v) is 10.4. The van der Waals surface area contributed by atoms with Crippen molar-refractivity contribution in [2.24, 2.45) is 0 Å². The van der Waals surface area contributed by atoms with Crippen molar-refractivity contribution in [1.29, 1.82) is 0 Å². The van der Waals surface area contributed by atoms with Gasteiger partial charge in [0.15, 0.2) is 0 Å². The van der Waals surface area contributed by atoms with Crippen LogP contribution in [0.3, 0.4) is 0 Å². The molecule has 0 amide bonds. The highest BCUT2D eigenvalue weighted by Gasteiger charge is 2.12. The first kappa shape index (κ1) is 13.4. The highest BCUT2D eigenvalue weighted by atomic mass is 35.7. The summed E-state index contributed by atoms with van der Waals surface area (Å²) < 4.78 is 33.3. The predicted octanol–water partition coefficient (Wildman–Crippen LogP) is 0.474. The van der Waals surface area contributed by atoms with Gasteiger partial charge in [-0.2, -0.15) is 5.10 Å². The monoisotopic (exact) mass is 268 g/mol. The highest BCUT2D eigenvalue weighted by Crippen LogP contribution is 2.12. The maximum Gasteiger partial charge on any atom is 0.264 e. The minimum Gasteiger partial charge on any atom is -0.382 e. The minimum absolute atomic E-state index is 0.00828. The average molecular weight is 269 g/mol. The van der Waals surface area contributed by atoms with Gasteiger partial charge in [0.25, 0.3) is 9.05 Å². The number of hydrogen-bond acceptors (Lipinski definition) is 5. The Labute approximate surface area is 98.5 Å². The zero-order chi connectivity index (χ0) is 12.0. The van der Waals surface area contributed by atoms with Crippen molar-refractivity contribution >= 4 is 19.7 Å². The van der Waals surface area contributed by atoms with Gasteiger partial charge < -0.3 is 9.47 Å². The molecule has 0 aliphatic heterocycles. The number of rotatable bonds is 7. The molecule has 0 bridgehead atoms. The van der Waals surface area contributed by atoms with Crippen LogP contribution in [0, 0.1) is 0 Å². The van der Waals surface area contributed by atoms with Crippen molar-refractivity contribution in [3.63, 3.8) is 0 Å². The Hall–Kier alpha value is -0.630. The van der Waals surface area contributed by atoms with Crippen LogP contribution in [0.15, 0.2) is 17.3 Å². The van der Waals surface area contributed by atoms with Crippen LogP contribution in [-0.4, -0.2) is 45.1 Å². The van der Waals surface area contributed by atoms with Crippen LogP contribution >= 0.6 is 10.7 Å². The van der Waals surface area contributed by atoms with E-state index in [9.17, 15) is 8.42 Å². The number of ether oxygens (including phenoxy) is 2. The third-order valence-electron chi connectivity index (χ3n) is 1.79. The summed E-state index contributed by atoms with van der Waals surface area (Å²) in [6.45, 7) is 1.93. The maximum absolute atomic E-state index is 10.9. The van der Waals surface area contributed by atoms with Crippen LogP contribution in [0.2, 0.25) is 0 Å². The van der Waals surface area contributed by atoms with E-state index in [0.717, 1.165) is 0 Å². The number of methoxy groups -OCH3 is 1. The van der Waals surface area contributed by atoms with E-state index in [1.54, 1.807) is 7.11 Å². The number of nitrogens with zero attached hydrogens (tertiary/aromatic N) is 2. The van der Waals surface area contributed by atoms with Crippen molar-refractivity contribution in [1.82, 2.24) is 9.78 Å². The first-order valence-electron chi connectivity index (χ1n) is 4.58. The lowest BCUT2D eigenvalue weighted by Gasteiger charge is -2.03. The van der Waals surface area contributed by atoms with Crippen molar-refractivity contribution in [2.75, 3.05) is 26.9 Å². The molecule has 0 unspecified atom stereocenters. The van der Waals surface area contributed by atoms with Gasteiger partial charge in [0.1, 0.15) is 4.90 Å². The van der Waals surface area contributed by atoms with Gasteiger partial charge in [-0.3, -0.25) is 4.68 Å². The van der Waals surface area contributed by atoms with E-state index in [4.69, 9.17) is 20.2 Å². The van der Waals surface area contributed by atoms with Crippen LogP contribution in [0.5, 0.6) is 0 Å². The van der Waals surface area contributed by atoms with E-state index in [2.05, 4.69) is 5.10 Å². The van der Waals surface area contributed by atoms with Crippen molar-refractivity contribution < 1.29 is 17.9 Å². The summed E-state index contributed by atoms with van der Waals surface area (Å²) >= 11 is 0. The van der Waals surface area contributed by atoms with Crippen LogP contribution in [0.1, 0.15) is 0 Å². The molecule has 92 valence electrons. The molecule has 1 heterocycles. The Morgan fingerprint density at radius 2 is 2.19 bits per heavy atom. The summed E-state index contributed by atoms with van der Waals surface area (Å²) in [5.74, 6) is 0. The van der Waals surface area contributed by atoms with Gasteiger partial charge in [-0.15, -0.1) is 0 Å². The maximum atomic E-state index is 10.9. The van der Waals surface area contributed by atoms with Crippen molar-refractivity contribution in [2.45, 2.75) is 11.4 Å². The van der Waals surface area contributed by atoms with E-state index in [0.29, 0.717) is 26.4 Å². The SMILES string of the molecule is COCCOCCn1cc(S(=O)(=O)Cl)cn1. The normalized spacial score (nSPS) is 11.9. The fraction of sp³-hybridized carbons (Fsp3) is 0.625. The van der Waals surface area contributed by atoms with E-state index >= 15 is 0 Å². The lowest BCUT2D eigenvalue weighted by atomic mass is 10.6. The second-order valence-corrected chi connectivity index (χ2v) is 5.55. The molecule has 1 rings (SSSR count). The first-order chi connectivity index (χ1) is 7.54. The highest BCUT2D eigenvalue weighted by molar-refractivity contribution is 8.13. The molecule has 1 aromatic rings. The fourth-order valence-electron chi connectivity index (χ4n) is 0.995. The second-order valence-electron chi connectivity index (χ2n) is 2.98. The molecule has 0 spiro atoms. The third kappa shape index (κ3) is 4.48. The smallest absolute Gasteiger partial charge is 0.264 e. The number of halogens is 1. The molecule has 0 radical (unpaired) electrons. The lowest BCUT2D eigenvalue weighted by Crippen LogP contribution is -2.09. The Morgan fingerprint density at radius 3 is 2.75 bits per heavy atom. The summed E-state index contributed by atoms with van der Waals surface area (Å²) in [6.07, 6.45) is 2.57. The minimum atomic E-state index is -3.69. The topological polar surface area (TPSA) is 70.4 Å². The van der Waals surface area contributed by atoms with Gasteiger partial charge in [0.05, 0.1) is 32.6 Å². The van der Waals surface area contributed by atoms with E-state index in [-0.39, 0.29) is 4.90 Å². The zero-order valence-electron chi connectivity index (χ0n) is 8.80. The molecule has 0 aliphatic rings. The molecular weight excluding hydrogens is 256 g/mol. The molecule has 0 aromatic carbocycles. The van der Waals surface area contributed by atoms with Crippen LogP contribution in [-0.2, 0) is 25.1 Å². The quantitative estimate of drug-likeness (QED) is 0.531. The average Bonchev–Trinajstić information content (AvgIpc) is 2.65. The summed E-state index contributed by atoms with van der Waals surface area (Å²) in [5.41, 5.74) is 0. The largest absolute Gasteiger partial charge is 0.382 e. The molecule has 0 N–H and O–H groups in total. The fourth-order valence-corrected chi connectivity index (χ4v) is 1.65. The van der Waals surface area contributed by atoms with Gasteiger partial charge >= 0.3 is 0 Å². The van der Waals surface area contributed by atoms with E-state index in [1.165, 1.54) is 17.1 Å². The van der Waals surface area contributed by atoms with Crippen LogP contribution in [0.4, 0.5) is 0 Å². The Bertz CT molecular complexity index is 417. The Balaban J connectivity index is 2.36. The summed E-state index contributed by atoms with van der Waals surface area (Å²) in [4.78, 5) is -0.00828. The molecule has 6 nitrogen and oxygen atoms in total. The van der Waals surface area contributed by atoms with Crippen molar-refractivity contribution in [3.8, 4) is 0 Å². The molecule has 0 atom stereocenters. The molecule has 16 heavy (non-hydrogen) atoms. The van der Waals surface area contributed by atoms with Crippen molar-refractivity contribution in [3.05, 3.63) is 12.4 Å². The molecule has 0 saturated carbocycles. The summed E-state index contributed by atoms with van der Waals surface area (Å²) in [6, 6.07) is 0. The van der Waals surface area contributed by atoms with Gasteiger partial charge in [-0.25, -0.2) is 8.42 Å². The molecular formula is C8H13ClN2O4S. The standard InChI is InChI=1S/C8H13ClN2O4S/c1-14-4-5-15-3-2-11-7-8(6-10-11)16(9,12)13/h6-7H,2-5H2,1H3. The second kappa shape index (κ2) is 6.19. The van der Waals surface area contributed by atoms with Gasteiger partial charge in [-0.1, -0.05) is 0 Å². The lowest BCUT2D eigenvalue weighted by molar-refractivity contribution is 0.0654. The Kier molecular flexibility index (Phi) is 5.20. The van der Waals surface area contributed by atoms with Gasteiger partial charge in [0, 0.05) is 24.0 Å². The third-order valence-corrected chi connectivity index (χ3v) is 3.10. The number of hydrogen-bond donors (Lipinski definition) is 0. The van der Waals surface area contributed by atoms with E-state index in [1.807, 2.05) is 0 Å². The molecule has 0 saturated heterocycles. The molecule has 0 aliphatic carbocycles. The van der Waals surface area contributed by atoms with Crippen LogP contribution < -0.4 is 0 Å². The van der Waals surface area contributed by atoms with Gasteiger partial charge in [-0.05, 0) is 0 Å². The predicted molar refractivity (Wildman–Crippen MR) is 58.0 cm³/mol. The Morgan fingerprint density at radius 1 is 1.44 bits per heavy atom.